The predicted octanol–water partition coefficient (Wildman–Crippen LogP) is 6.20. The van der Waals surface area contributed by atoms with Crippen molar-refractivity contribution in [1.82, 2.24) is 10.2 Å². The van der Waals surface area contributed by atoms with Crippen LogP contribution in [-0.4, -0.2) is 35.9 Å². The molecule has 0 saturated carbocycles. The summed E-state index contributed by atoms with van der Waals surface area (Å²) in [6.07, 6.45) is 0.437. The molecule has 1 atom stereocenters. The zero-order chi connectivity index (χ0) is 23.8. The molecule has 0 unspecified atom stereocenters. The van der Waals surface area contributed by atoms with Crippen LogP contribution in [-0.2, 0) is 16.1 Å². The van der Waals surface area contributed by atoms with Crippen molar-refractivity contribution < 1.29 is 14.3 Å². The highest BCUT2D eigenvalue weighted by Gasteiger charge is 2.30. The van der Waals surface area contributed by atoms with E-state index in [1.807, 2.05) is 32.0 Å². The highest BCUT2D eigenvalue weighted by Crippen LogP contribution is 2.30. The number of halogens is 3. The maximum atomic E-state index is 13.3. The molecule has 0 saturated heterocycles. The number of hydrogen-bond donors (Lipinski definition) is 1. The van der Waals surface area contributed by atoms with Gasteiger partial charge in [-0.15, -0.1) is 0 Å². The summed E-state index contributed by atoms with van der Waals surface area (Å²) in [5.41, 5.74) is 1.75. The van der Waals surface area contributed by atoms with E-state index in [4.69, 9.17) is 27.9 Å². The van der Waals surface area contributed by atoms with Crippen LogP contribution in [0, 0.1) is 0 Å². The molecule has 0 heterocycles. The zero-order valence-electron chi connectivity index (χ0n) is 18.8. The number of nitrogens with one attached hydrogen (secondary N) is 1. The summed E-state index contributed by atoms with van der Waals surface area (Å²) in [6.45, 7) is 8.25. The number of ether oxygens (including phenoxy) is 1. The Kier molecular flexibility index (Phi) is 10.3. The van der Waals surface area contributed by atoms with Crippen molar-refractivity contribution in [2.45, 2.75) is 52.6 Å². The normalized spacial score (nSPS) is 11.9. The third kappa shape index (κ3) is 6.87. The second kappa shape index (κ2) is 12.5. The Hall–Kier alpha value is -1.76. The minimum Gasteiger partial charge on any atom is -0.483 e. The molecule has 2 rings (SSSR count). The fourth-order valence-electron chi connectivity index (χ4n) is 3.28. The van der Waals surface area contributed by atoms with Gasteiger partial charge in [-0.25, -0.2) is 0 Å². The zero-order valence-corrected chi connectivity index (χ0v) is 21.9. The van der Waals surface area contributed by atoms with Gasteiger partial charge in [0, 0.05) is 28.7 Å². The van der Waals surface area contributed by atoms with E-state index >= 15 is 0 Å². The predicted molar refractivity (Wildman–Crippen MR) is 134 cm³/mol. The minimum atomic E-state index is -0.676. The lowest BCUT2D eigenvalue weighted by atomic mass is 10.0. The van der Waals surface area contributed by atoms with Crippen molar-refractivity contribution in [3.63, 3.8) is 0 Å². The molecule has 2 amide bonds. The molecule has 8 heteroatoms. The maximum absolute atomic E-state index is 13.3. The van der Waals surface area contributed by atoms with Crippen molar-refractivity contribution in [1.29, 1.82) is 0 Å². The van der Waals surface area contributed by atoms with E-state index < -0.39 is 6.04 Å². The van der Waals surface area contributed by atoms with Gasteiger partial charge >= 0.3 is 0 Å². The molecule has 0 aromatic heterocycles. The first-order valence-corrected chi connectivity index (χ1v) is 12.2. The van der Waals surface area contributed by atoms with E-state index in [0.717, 1.165) is 10.0 Å². The van der Waals surface area contributed by atoms with E-state index in [1.54, 1.807) is 18.2 Å². The lowest BCUT2D eigenvalue weighted by Gasteiger charge is -2.31. The molecule has 0 fully saturated rings. The Morgan fingerprint density at radius 2 is 1.78 bits per heavy atom. The molecule has 0 aliphatic heterocycles. The van der Waals surface area contributed by atoms with Crippen molar-refractivity contribution in [3.05, 3.63) is 62.0 Å². The largest absolute Gasteiger partial charge is 0.483 e. The molecule has 5 nitrogen and oxygen atoms in total. The Morgan fingerprint density at radius 1 is 1.12 bits per heavy atom. The molecule has 2 aromatic carbocycles. The summed E-state index contributed by atoms with van der Waals surface area (Å²) < 4.78 is 6.58. The second-order valence-electron chi connectivity index (χ2n) is 7.67. The molecule has 0 aliphatic rings. The highest BCUT2D eigenvalue weighted by atomic mass is 79.9. The lowest BCUT2D eigenvalue weighted by molar-refractivity contribution is -0.142. The molecule has 32 heavy (non-hydrogen) atoms. The summed E-state index contributed by atoms with van der Waals surface area (Å²) in [5, 5.41) is 3.68. The summed E-state index contributed by atoms with van der Waals surface area (Å²) in [7, 11) is 0. The van der Waals surface area contributed by atoms with Crippen LogP contribution in [0.2, 0.25) is 10.0 Å². The number of benzene rings is 2. The minimum absolute atomic E-state index is 0.101. The molecule has 1 N–H and O–H groups in total. The number of likely N-dealkylation sites (N-methyl/N-ethyl adjacent to an activating group) is 1. The van der Waals surface area contributed by atoms with Gasteiger partial charge in [0.1, 0.15) is 11.8 Å². The first-order valence-electron chi connectivity index (χ1n) is 10.6. The van der Waals surface area contributed by atoms with E-state index in [-0.39, 0.29) is 25.0 Å². The maximum Gasteiger partial charge on any atom is 0.261 e. The number of nitrogens with zero attached hydrogens (tertiary/aromatic N) is 1. The smallest absolute Gasteiger partial charge is 0.261 e. The number of amides is 2. The van der Waals surface area contributed by atoms with E-state index in [9.17, 15) is 9.59 Å². The molecular weight excluding hydrogens is 515 g/mol. The van der Waals surface area contributed by atoms with Crippen LogP contribution < -0.4 is 10.1 Å². The van der Waals surface area contributed by atoms with E-state index in [1.165, 1.54) is 4.90 Å². The Morgan fingerprint density at radius 3 is 2.31 bits per heavy atom. The summed E-state index contributed by atoms with van der Waals surface area (Å²) in [5.74, 6) is 0.373. The summed E-state index contributed by atoms with van der Waals surface area (Å²) in [6, 6.07) is 10.3. The molecule has 0 aliphatic carbocycles. The van der Waals surface area contributed by atoms with Gasteiger partial charge in [-0.05, 0) is 65.0 Å². The topological polar surface area (TPSA) is 58.6 Å². The van der Waals surface area contributed by atoms with Crippen LogP contribution in [0.25, 0.3) is 0 Å². The van der Waals surface area contributed by atoms with Crippen LogP contribution in [0.5, 0.6) is 5.75 Å². The molecule has 0 radical (unpaired) electrons. The van der Waals surface area contributed by atoms with Crippen molar-refractivity contribution in [2.75, 3.05) is 13.2 Å². The first kappa shape index (κ1) is 26.5. The summed E-state index contributed by atoms with van der Waals surface area (Å²) in [4.78, 5) is 27.4. The van der Waals surface area contributed by atoms with Crippen LogP contribution >= 0.6 is 39.1 Å². The van der Waals surface area contributed by atoms with Crippen LogP contribution in [0.15, 0.2) is 40.9 Å². The van der Waals surface area contributed by atoms with Gasteiger partial charge in [0.2, 0.25) is 5.91 Å². The quantitative estimate of drug-likeness (QED) is 0.388. The number of hydrogen-bond acceptors (Lipinski definition) is 3. The Balaban J connectivity index is 2.28. The van der Waals surface area contributed by atoms with Gasteiger partial charge in [0.15, 0.2) is 6.61 Å². The van der Waals surface area contributed by atoms with Gasteiger partial charge in [-0.3, -0.25) is 9.59 Å². The molecule has 0 spiro atoms. The fourth-order valence-corrected chi connectivity index (χ4v) is 4.31. The van der Waals surface area contributed by atoms with Crippen LogP contribution in [0.1, 0.15) is 51.2 Å². The third-order valence-electron chi connectivity index (χ3n) is 5.10. The monoisotopic (exact) mass is 542 g/mol. The average molecular weight is 544 g/mol. The fraction of sp³-hybridized carbons (Fsp3) is 0.417. The number of carbonyl (C=O) groups is 2. The number of carbonyl (C=O) groups excluding carboxylic acids is 2. The molecule has 2 aromatic rings. The van der Waals surface area contributed by atoms with E-state index in [2.05, 4.69) is 35.1 Å². The average Bonchev–Trinajstić information content (AvgIpc) is 2.74. The van der Waals surface area contributed by atoms with Gasteiger partial charge in [0.05, 0.1) is 4.47 Å². The molecular formula is C24H29BrCl2N2O3. The van der Waals surface area contributed by atoms with Gasteiger partial charge in [0.25, 0.3) is 5.91 Å². The Bertz CT molecular complexity index is 933. The van der Waals surface area contributed by atoms with E-state index in [0.29, 0.717) is 40.2 Å². The molecule has 0 bridgehead atoms. The third-order valence-corrected chi connectivity index (χ3v) is 6.43. The van der Waals surface area contributed by atoms with Gasteiger partial charge < -0.3 is 15.0 Å². The standard InChI is InChI=1S/C24H29BrCl2N2O3/c1-5-21(24(31)28-6-2)29(13-17-19(26)8-7-9-20(17)27)23(30)14-32-22-11-10-16(15(3)4)12-18(22)25/h7-12,15,21H,5-6,13-14H2,1-4H3,(H,28,31)/t21-/m0/s1. The number of rotatable bonds is 10. The van der Waals surface area contributed by atoms with Crippen LogP contribution in [0.4, 0.5) is 0 Å². The highest BCUT2D eigenvalue weighted by molar-refractivity contribution is 9.10. The van der Waals surface area contributed by atoms with Gasteiger partial charge in [-0.1, -0.05) is 56.1 Å². The summed E-state index contributed by atoms with van der Waals surface area (Å²) >= 11 is 16.2. The molecule has 174 valence electrons. The van der Waals surface area contributed by atoms with Crippen molar-refractivity contribution in [3.8, 4) is 5.75 Å². The second-order valence-corrected chi connectivity index (χ2v) is 9.34. The Labute approximate surface area is 208 Å². The van der Waals surface area contributed by atoms with Crippen molar-refractivity contribution >= 4 is 50.9 Å². The van der Waals surface area contributed by atoms with Gasteiger partial charge in [-0.2, -0.15) is 0 Å². The van der Waals surface area contributed by atoms with Crippen LogP contribution in [0.3, 0.4) is 0 Å². The first-order chi connectivity index (χ1) is 15.2. The SMILES string of the molecule is CCNC(=O)[C@H](CC)N(Cc1c(Cl)cccc1Cl)C(=O)COc1ccc(C(C)C)cc1Br. The van der Waals surface area contributed by atoms with Crippen molar-refractivity contribution in [2.24, 2.45) is 0 Å². The lowest BCUT2D eigenvalue weighted by Crippen LogP contribution is -2.50.